The van der Waals surface area contributed by atoms with Crippen LogP contribution in [-0.4, -0.2) is 36.4 Å². The summed E-state index contributed by atoms with van der Waals surface area (Å²) in [5.41, 5.74) is 0.652. The summed E-state index contributed by atoms with van der Waals surface area (Å²) in [5.74, 6) is -0.157. The normalized spacial score (nSPS) is 14.6. The van der Waals surface area contributed by atoms with Gasteiger partial charge in [-0.3, -0.25) is 9.59 Å². The fourth-order valence-corrected chi connectivity index (χ4v) is 4.34. The van der Waals surface area contributed by atoms with Gasteiger partial charge >= 0.3 is 0 Å². The number of halogens is 1. The summed E-state index contributed by atoms with van der Waals surface area (Å²) in [4.78, 5) is 28.1. The zero-order chi connectivity index (χ0) is 18.0. The number of amides is 2. The fraction of sp³-hybridized carbons (Fsp3) is 0.176. The maximum Gasteiger partial charge on any atom is 0.272 e. The molecule has 1 aromatic carbocycles. The first kappa shape index (κ1) is 18.0. The first-order chi connectivity index (χ1) is 12.1. The molecule has 0 atom stereocenters. The van der Waals surface area contributed by atoms with Gasteiger partial charge in [0.05, 0.1) is 29.9 Å². The summed E-state index contributed by atoms with van der Waals surface area (Å²) in [7, 11) is 1.47. The summed E-state index contributed by atoms with van der Waals surface area (Å²) >= 11 is 8.60. The molecule has 0 bridgehead atoms. The van der Waals surface area contributed by atoms with E-state index in [4.69, 9.17) is 21.4 Å². The number of nitrogens with zero attached hydrogens (tertiary/aromatic N) is 1. The lowest BCUT2D eigenvalue weighted by molar-refractivity contribution is -0.119. The number of anilines is 1. The van der Waals surface area contributed by atoms with Crippen LogP contribution in [0, 0.1) is 0 Å². The van der Waals surface area contributed by atoms with Crippen molar-refractivity contribution in [2.24, 2.45) is 0 Å². The van der Waals surface area contributed by atoms with Crippen LogP contribution < -0.4 is 9.64 Å². The van der Waals surface area contributed by atoms with E-state index in [1.807, 2.05) is 11.4 Å². The SMILES string of the molecule is COc1ccc(Cl)cc1N1C(=O)C(SCCO)=C(c2cccs2)C1=O. The zero-order valence-corrected chi connectivity index (χ0v) is 15.6. The Hall–Kier alpha value is -1.80. The molecule has 5 nitrogen and oxygen atoms in total. The average molecular weight is 396 g/mol. The van der Waals surface area contributed by atoms with Crippen LogP contribution in [0.1, 0.15) is 4.88 Å². The first-order valence-electron chi connectivity index (χ1n) is 7.32. The molecule has 8 heteroatoms. The highest BCUT2D eigenvalue weighted by Gasteiger charge is 2.41. The molecule has 2 aromatic rings. The van der Waals surface area contributed by atoms with Gasteiger partial charge in [0, 0.05) is 15.7 Å². The van der Waals surface area contributed by atoms with Crippen LogP contribution in [0.25, 0.3) is 5.57 Å². The summed E-state index contributed by atoms with van der Waals surface area (Å²) in [5, 5.41) is 11.3. The molecule has 0 fully saturated rings. The van der Waals surface area contributed by atoms with Crippen LogP contribution in [0.2, 0.25) is 5.02 Å². The van der Waals surface area contributed by atoms with Gasteiger partial charge in [-0.1, -0.05) is 17.7 Å². The Labute approximate surface area is 157 Å². The molecule has 0 spiro atoms. The maximum atomic E-state index is 13.0. The van der Waals surface area contributed by atoms with E-state index < -0.39 is 11.8 Å². The summed E-state index contributed by atoms with van der Waals surface area (Å²) in [6.45, 7) is -0.0894. The summed E-state index contributed by atoms with van der Waals surface area (Å²) in [6.07, 6.45) is 0. The van der Waals surface area contributed by atoms with Gasteiger partial charge in [0.2, 0.25) is 0 Å². The third kappa shape index (κ3) is 3.32. The maximum absolute atomic E-state index is 13.0. The Kier molecular flexibility index (Phi) is 5.48. The van der Waals surface area contributed by atoms with Crippen LogP contribution in [0.4, 0.5) is 5.69 Å². The standard InChI is InChI=1S/C17H14ClNO4S2/c1-23-12-5-4-10(18)9-11(12)19-16(21)14(13-3-2-7-24-13)15(17(19)22)25-8-6-20/h2-5,7,9,20H,6,8H2,1H3. The predicted molar refractivity (Wildman–Crippen MR) is 101 cm³/mol. The van der Waals surface area contributed by atoms with Crippen molar-refractivity contribution in [2.45, 2.75) is 0 Å². The molecule has 2 heterocycles. The second-order valence-electron chi connectivity index (χ2n) is 5.02. The Morgan fingerprint density at radius 2 is 2.08 bits per heavy atom. The molecule has 130 valence electrons. The summed E-state index contributed by atoms with van der Waals surface area (Å²) < 4.78 is 5.28. The highest BCUT2D eigenvalue weighted by Crippen LogP contribution is 2.42. The molecule has 2 amide bonds. The van der Waals surface area contributed by atoms with Gasteiger partial charge in [0.1, 0.15) is 5.75 Å². The minimum absolute atomic E-state index is 0.0894. The van der Waals surface area contributed by atoms with Gasteiger partial charge < -0.3 is 9.84 Å². The Balaban J connectivity index is 2.10. The van der Waals surface area contributed by atoms with Crippen LogP contribution in [0.15, 0.2) is 40.6 Å². The number of hydrogen-bond acceptors (Lipinski definition) is 6. The lowest BCUT2D eigenvalue weighted by Crippen LogP contribution is -2.31. The van der Waals surface area contributed by atoms with Crippen molar-refractivity contribution in [2.75, 3.05) is 24.4 Å². The summed E-state index contributed by atoms with van der Waals surface area (Å²) in [6, 6.07) is 8.39. The number of hydrogen-bond donors (Lipinski definition) is 1. The molecule has 25 heavy (non-hydrogen) atoms. The minimum Gasteiger partial charge on any atom is -0.495 e. The molecule has 1 aliphatic rings. The number of aliphatic hydroxyl groups excluding tert-OH is 1. The molecule has 0 radical (unpaired) electrons. The average Bonchev–Trinajstić information content (AvgIpc) is 3.19. The number of imide groups is 1. The molecule has 1 aliphatic heterocycles. The lowest BCUT2D eigenvalue weighted by Gasteiger charge is -2.18. The number of aliphatic hydroxyl groups is 1. The molecule has 1 aromatic heterocycles. The number of methoxy groups -OCH3 is 1. The van der Waals surface area contributed by atoms with Crippen molar-refractivity contribution >= 4 is 57.8 Å². The van der Waals surface area contributed by atoms with Crippen molar-refractivity contribution in [3.05, 3.63) is 50.5 Å². The van der Waals surface area contributed by atoms with Crippen LogP contribution >= 0.6 is 34.7 Å². The van der Waals surface area contributed by atoms with Crippen molar-refractivity contribution in [1.29, 1.82) is 0 Å². The van der Waals surface area contributed by atoms with E-state index in [2.05, 4.69) is 0 Å². The number of thiophene rings is 1. The highest BCUT2D eigenvalue weighted by atomic mass is 35.5. The fourth-order valence-electron chi connectivity index (χ4n) is 2.49. The van der Waals surface area contributed by atoms with Crippen LogP contribution in [0.3, 0.4) is 0 Å². The zero-order valence-electron chi connectivity index (χ0n) is 13.2. The van der Waals surface area contributed by atoms with Gasteiger partial charge in [0.25, 0.3) is 11.8 Å². The second-order valence-corrected chi connectivity index (χ2v) is 7.50. The second kappa shape index (κ2) is 7.61. The van der Waals surface area contributed by atoms with Crippen molar-refractivity contribution in [3.8, 4) is 5.75 Å². The monoisotopic (exact) mass is 395 g/mol. The highest BCUT2D eigenvalue weighted by molar-refractivity contribution is 8.04. The third-order valence-corrected chi connectivity index (χ3v) is 5.70. The van der Waals surface area contributed by atoms with Crippen molar-refractivity contribution in [3.63, 3.8) is 0 Å². The topological polar surface area (TPSA) is 66.8 Å². The molecule has 0 saturated heterocycles. The Bertz CT molecular complexity index is 848. The first-order valence-corrected chi connectivity index (χ1v) is 9.57. The number of benzene rings is 1. The van der Waals surface area contributed by atoms with E-state index in [1.165, 1.54) is 36.3 Å². The van der Waals surface area contributed by atoms with Gasteiger partial charge in [0.15, 0.2) is 0 Å². The number of thioether (sulfide) groups is 1. The number of carbonyl (C=O) groups excluding carboxylic acids is 2. The molecular weight excluding hydrogens is 382 g/mol. The van der Waals surface area contributed by atoms with Gasteiger partial charge in [-0.2, -0.15) is 0 Å². The predicted octanol–water partition coefficient (Wildman–Crippen LogP) is 3.42. The molecular formula is C17H14ClNO4S2. The van der Waals surface area contributed by atoms with Gasteiger partial charge in [-0.05, 0) is 29.6 Å². The minimum atomic E-state index is -0.438. The van der Waals surface area contributed by atoms with E-state index in [0.717, 1.165) is 4.90 Å². The Morgan fingerprint density at radius 1 is 1.28 bits per heavy atom. The number of carbonyl (C=O) groups is 2. The molecule has 3 rings (SSSR count). The van der Waals surface area contributed by atoms with Gasteiger partial charge in [-0.25, -0.2) is 4.90 Å². The van der Waals surface area contributed by atoms with E-state index in [1.54, 1.807) is 18.2 Å². The van der Waals surface area contributed by atoms with E-state index in [0.29, 0.717) is 37.6 Å². The van der Waals surface area contributed by atoms with E-state index >= 15 is 0 Å². The van der Waals surface area contributed by atoms with Crippen molar-refractivity contribution in [1.82, 2.24) is 0 Å². The molecule has 1 N–H and O–H groups in total. The van der Waals surface area contributed by atoms with Crippen LogP contribution in [-0.2, 0) is 9.59 Å². The lowest BCUT2D eigenvalue weighted by atomic mass is 10.2. The largest absolute Gasteiger partial charge is 0.495 e. The molecule has 0 saturated carbocycles. The third-order valence-electron chi connectivity index (χ3n) is 3.53. The quantitative estimate of drug-likeness (QED) is 0.759. The van der Waals surface area contributed by atoms with Gasteiger partial charge in [-0.15, -0.1) is 23.1 Å². The van der Waals surface area contributed by atoms with E-state index in [-0.39, 0.29) is 6.61 Å². The van der Waals surface area contributed by atoms with E-state index in [9.17, 15) is 9.59 Å². The van der Waals surface area contributed by atoms with Crippen molar-refractivity contribution < 1.29 is 19.4 Å². The number of ether oxygens (including phenoxy) is 1. The smallest absolute Gasteiger partial charge is 0.272 e. The number of rotatable bonds is 6. The molecule has 0 unspecified atom stereocenters. The van der Waals surface area contributed by atoms with Crippen LogP contribution in [0.5, 0.6) is 5.75 Å². The molecule has 0 aliphatic carbocycles. The Morgan fingerprint density at radius 3 is 2.72 bits per heavy atom.